The predicted octanol–water partition coefficient (Wildman–Crippen LogP) is 1.04. The van der Waals surface area contributed by atoms with Gasteiger partial charge in [0.15, 0.2) is 0 Å². The Morgan fingerprint density at radius 1 is 1.50 bits per heavy atom. The number of benzene rings is 1. The molecule has 1 saturated heterocycles. The zero-order chi connectivity index (χ0) is 14.9. The number of hydrogen-bond donors (Lipinski definition) is 1. The SMILES string of the molecule is Cc1c(F)cc(CO)cc1S(=O)(=O)N1CCOCC1C. The summed E-state index contributed by atoms with van der Waals surface area (Å²) in [6.07, 6.45) is 0. The van der Waals surface area contributed by atoms with Crippen molar-refractivity contribution in [3.8, 4) is 0 Å². The fourth-order valence-electron chi connectivity index (χ4n) is 2.26. The highest BCUT2D eigenvalue weighted by Crippen LogP contribution is 2.26. The van der Waals surface area contributed by atoms with Gasteiger partial charge in [-0.2, -0.15) is 4.31 Å². The van der Waals surface area contributed by atoms with Crippen LogP contribution in [0, 0.1) is 12.7 Å². The van der Waals surface area contributed by atoms with Gasteiger partial charge in [-0.25, -0.2) is 12.8 Å². The molecule has 0 radical (unpaired) electrons. The van der Waals surface area contributed by atoms with Crippen LogP contribution in [0.25, 0.3) is 0 Å². The molecule has 1 heterocycles. The number of aliphatic hydroxyl groups is 1. The number of hydrogen-bond acceptors (Lipinski definition) is 4. The molecule has 1 fully saturated rings. The lowest BCUT2D eigenvalue weighted by molar-refractivity contribution is 0.0392. The van der Waals surface area contributed by atoms with E-state index >= 15 is 0 Å². The molecule has 1 aromatic carbocycles. The molecule has 1 atom stereocenters. The van der Waals surface area contributed by atoms with Crippen molar-refractivity contribution < 1.29 is 22.7 Å². The maximum atomic E-state index is 13.8. The lowest BCUT2D eigenvalue weighted by Crippen LogP contribution is -2.47. The zero-order valence-electron chi connectivity index (χ0n) is 11.5. The van der Waals surface area contributed by atoms with Crippen molar-refractivity contribution in [3.05, 3.63) is 29.1 Å². The standard InChI is InChI=1S/C13H18FNO4S/c1-9-8-19-4-3-15(9)20(17,18)13-6-11(7-16)5-12(14)10(13)2/h5-6,9,16H,3-4,7-8H2,1-2H3. The molecular weight excluding hydrogens is 285 g/mol. The average molecular weight is 303 g/mol. The van der Waals surface area contributed by atoms with Crippen molar-refractivity contribution >= 4 is 10.0 Å². The van der Waals surface area contributed by atoms with Crippen molar-refractivity contribution in [1.29, 1.82) is 0 Å². The van der Waals surface area contributed by atoms with Crippen molar-refractivity contribution in [2.75, 3.05) is 19.8 Å². The quantitative estimate of drug-likeness (QED) is 0.906. The number of sulfonamides is 1. The Balaban J connectivity index is 2.51. The van der Waals surface area contributed by atoms with Gasteiger partial charge in [0.2, 0.25) is 10.0 Å². The summed E-state index contributed by atoms with van der Waals surface area (Å²) >= 11 is 0. The molecule has 2 rings (SSSR count). The van der Waals surface area contributed by atoms with E-state index in [0.29, 0.717) is 13.2 Å². The molecule has 20 heavy (non-hydrogen) atoms. The fourth-order valence-corrected chi connectivity index (χ4v) is 4.15. The zero-order valence-corrected chi connectivity index (χ0v) is 12.3. The molecule has 7 heteroatoms. The Labute approximate surface area is 118 Å². The van der Waals surface area contributed by atoms with E-state index in [1.54, 1.807) is 6.92 Å². The Morgan fingerprint density at radius 2 is 2.20 bits per heavy atom. The molecule has 0 amide bonds. The van der Waals surface area contributed by atoms with Gasteiger partial charge in [0.25, 0.3) is 0 Å². The van der Waals surface area contributed by atoms with E-state index in [9.17, 15) is 12.8 Å². The molecule has 0 aromatic heterocycles. The smallest absolute Gasteiger partial charge is 0.243 e. The number of ether oxygens (including phenoxy) is 1. The third-order valence-electron chi connectivity index (χ3n) is 3.43. The number of rotatable bonds is 3. The van der Waals surface area contributed by atoms with Crippen LogP contribution in [0.4, 0.5) is 4.39 Å². The maximum Gasteiger partial charge on any atom is 0.243 e. The number of nitrogens with zero attached hydrogens (tertiary/aromatic N) is 1. The maximum absolute atomic E-state index is 13.8. The summed E-state index contributed by atoms with van der Waals surface area (Å²) in [6.45, 7) is 3.66. The average Bonchev–Trinajstić information content (AvgIpc) is 2.41. The summed E-state index contributed by atoms with van der Waals surface area (Å²) in [5.74, 6) is -0.629. The van der Waals surface area contributed by atoms with E-state index in [2.05, 4.69) is 0 Å². The first-order valence-corrected chi connectivity index (χ1v) is 7.81. The largest absolute Gasteiger partial charge is 0.392 e. The van der Waals surface area contributed by atoms with Gasteiger partial charge in [0.05, 0.1) is 24.7 Å². The van der Waals surface area contributed by atoms with Crippen LogP contribution in [0.5, 0.6) is 0 Å². The van der Waals surface area contributed by atoms with Gasteiger partial charge < -0.3 is 9.84 Å². The molecule has 112 valence electrons. The minimum Gasteiger partial charge on any atom is -0.392 e. The molecule has 0 saturated carbocycles. The highest BCUT2D eigenvalue weighted by Gasteiger charge is 2.33. The van der Waals surface area contributed by atoms with Crippen LogP contribution in [0.15, 0.2) is 17.0 Å². The Morgan fingerprint density at radius 3 is 2.80 bits per heavy atom. The summed E-state index contributed by atoms with van der Waals surface area (Å²) in [7, 11) is -3.79. The van der Waals surface area contributed by atoms with Crippen molar-refractivity contribution in [2.24, 2.45) is 0 Å². The third-order valence-corrected chi connectivity index (χ3v) is 5.57. The van der Waals surface area contributed by atoms with Gasteiger partial charge in [-0.3, -0.25) is 0 Å². The van der Waals surface area contributed by atoms with Crippen molar-refractivity contribution in [1.82, 2.24) is 4.31 Å². The third kappa shape index (κ3) is 2.71. The van der Waals surface area contributed by atoms with Crippen LogP contribution in [-0.2, 0) is 21.4 Å². The Bertz CT molecular complexity index is 603. The van der Waals surface area contributed by atoms with Gasteiger partial charge in [-0.1, -0.05) is 0 Å². The highest BCUT2D eigenvalue weighted by molar-refractivity contribution is 7.89. The minimum atomic E-state index is -3.79. The molecule has 1 aliphatic heterocycles. The first-order valence-electron chi connectivity index (χ1n) is 6.37. The van der Waals surface area contributed by atoms with E-state index < -0.39 is 22.4 Å². The molecule has 1 aliphatic rings. The summed E-state index contributed by atoms with van der Waals surface area (Å²) in [4.78, 5) is -0.0877. The normalized spacial score (nSPS) is 21.1. The first-order chi connectivity index (χ1) is 9.37. The topological polar surface area (TPSA) is 66.8 Å². The van der Waals surface area contributed by atoms with Crippen LogP contribution < -0.4 is 0 Å². The predicted molar refractivity (Wildman–Crippen MR) is 71.2 cm³/mol. The first kappa shape index (κ1) is 15.4. The number of aliphatic hydroxyl groups excluding tert-OH is 1. The second kappa shape index (κ2) is 5.77. The van der Waals surface area contributed by atoms with Gasteiger partial charge in [-0.15, -0.1) is 0 Å². The summed E-state index contributed by atoms with van der Waals surface area (Å²) < 4.78 is 45.7. The van der Waals surface area contributed by atoms with E-state index in [1.807, 2.05) is 0 Å². The van der Waals surface area contributed by atoms with E-state index in [4.69, 9.17) is 9.84 Å². The van der Waals surface area contributed by atoms with Crippen LogP contribution in [-0.4, -0.2) is 43.6 Å². The summed E-state index contributed by atoms with van der Waals surface area (Å²) in [6, 6.07) is 2.18. The van der Waals surface area contributed by atoms with Gasteiger partial charge >= 0.3 is 0 Å². The van der Waals surface area contributed by atoms with Crippen LogP contribution in [0.3, 0.4) is 0 Å². The number of halogens is 1. The molecule has 5 nitrogen and oxygen atoms in total. The monoisotopic (exact) mass is 303 g/mol. The van der Waals surface area contributed by atoms with E-state index in [0.717, 1.165) is 6.07 Å². The molecule has 0 spiro atoms. The minimum absolute atomic E-state index is 0.0703. The van der Waals surface area contributed by atoms with Crippen molar-refractivity contribution in [3.63, 3.8) is 0 Å². The number of morpholine rings is 1. The molecule has 1 unspecified atom stereocenters. The van der Waals surface area contributed by atoms with Crippen LogP contribution in [0.1, 0.15) is 18.1 Å². The summed E-state index contributed by atoms with van der Waals surface area (Å²) in [5.41, 5.74) is 0.313. The van der Waals surface area contributed by atoms with Gasteiger partial charge in [0, 0.05) is 18.2 Å². The van der Waals surface area contributed by atoms with E-state index in [1.165, 1.54) is 17.3 Å². The highest BCUT2D eigenvalue weighted by atomic mass is 32.2. The molecule has 0 bridgehead atoms. The lowest BCUT2D eigenvalue weighted by Gasteiger charge is -2.32. The van der Waals surface area contributed by atoms with Gasteiger partial charge in [0.1, 0.15) is 5.82 Å². The lowest BCUT2D eigenvalue weighted by atomic mass is 10.1. The fraction of sp³-hybridized carbons (Fsp3) is 0.538. The molecule has 1 N–H and O–H groups in total. The van der Waals surface area contributed by atoms with Crippen LogP contribution in [0.2, 0.25) is 0 Å². The van der Waals surface area contributed by atoms with Crippen LogP contribution >= 0.6 is 0 Å². The van der Waals surface area contributed by atoms with Crippen molar-refractivity contribution in [2.45, 2.75) is 31.4 Å². The summed E-state index contributed by atoms with van der Waals surface area (Å²) in [5, 5.41) is 9.11. The Hall–Kier alpha value is -1.02. The Kier molecular flexibility index (Phi) is 4.43. The second-order valence-corrected chi connectivity index (χ2v) is 6.76. The molecular formula is C13H18FNO4S. The molecule has 0 aliphatic carbocycles. The second-order valence-electron chi connectivity index (χ2n) is 4.90. The van der Waals surface area contributed by atoms with E-state index in [-0.39, 0.29) is 28.6 Å². The van der Waals surface area contributed by atoms with Gasteiger partial charge in [-0.05, 0) is 31.5 Å². The molecule has 1 aromatic rings.